The molecule has 2 heterocycles. The van der Waals surface area contributed by atoms with Crippen molar-refractivity contribution < 1.29 is 4.74 Å². The minimum Gasteiger partial charge on any atom is -0.481 e. The van der Waals surface area contributed by atoms with Crippen molar-refractivity contribution in [3.05, 3.63) is 23.4 Å². The van der Waals surface area contributed by atoms with Crippen molar-refractivity contribution in [2.45, 2.75) is 26.3 Å². The maximum atomic E-state index is 5.12. The van der Waals surface area contributed by atoms with Gasteiger partial charge in [0.05, 0.1) is 13.2 Å². The molecule has 0 spiro atoms. The molecule has 0 fully saturated rings. The molecule has 0 aliphatic carbocycles. The quantitative estimate of drug-likeness (QED) is 0.739. The van der Waals surface area contributed by atoms with Crippen LogP contribution in [0.1, 0.15) is 25.0 Å². The van der Waals surface area contributed by atoms with Gasteiger partial charge in [0.1, 0.15) is 0 Å². The normalized spacial score (nSPS) is 19.1. The molecule has 1 aliphatic heterocycles. The maximum absolute atomic E-state index is 5.12. The first-order valence-electron chi connectivity index (χ1n) is 5.27. The third-order valence-corrected chi connectivity index (χ3v) is 2.81. The number of ether oxygens (including phenoxy) is 1. The van der Waals surface area contributed by atoms with Crippen LogP contribution in [0.2, 0.25) is 0 Å². The Morgan fingerprint density at radius 2 is 2.27 bits per heavy atom. The Bertz CT molecular complexity index is 385. The molecule has 80 valence electrons. The topological polar surface area (TPSA) is 34.5 Å². The fourth-order valence-electron chi connectivity index (χ4n) is 1.75. The first kappa shape index (κ1) is 10.1. The minimum atomic E-state index is 0.393. The third-order valence-electron chi connectivity index (χ3n) is 2.81. The van der Waals surface area contributed by atoms with Gasteiger partial charge in [0.15, 0.2) is 0 Å². The van der Waals surface area contributed by atoms with Crippen LogP contribution in [0, 0.1) is 5.92 Å². The Kier molecular flexibility index (Phi) is 2.71. The monoisotopic (exact) mass is 204 g/mol. The molecule has 1 aromatic heterocycles. The summed E-state index contributed by atoms with van der Waals surface area (Å²) in [5.41, 5.74) is 2.41. The van der Waals surface area contributed by atoms with Crippen molar-refractivity contribution in [3.8, 4) is 5.88 Å². The fraction of sp³-hybridized carbons (Fsp3) is 0.500. The summed E-state index contributed by atoms with van der Waals surface area (Å²) in [7, 11) is 1.64. The van der Waals surface area contributed by atoms with Crippen molar-refractivity contribution in [1.29, 1.82) is 0 Å². The standard InChI is InChI=1S/C12H16N2O/c1-8(2)11-4-9-5-12(15-3)14-7-10(9)6-13-11/h5-8,11H,4H2,1-3H3. The minimum absolute atomic E-state index is 0.393. The van der Waals surface area contributed by atoms with Crippen LogP contribution in [0.3, 0.4) is 0 Å². The smallest absolute Gasteiger partial charge is 0.213 e. The molecule has 1 aliphatic rings. The van der Waals surface area contributed by atoms with E-state index in [-0.39, 0.29) is 0 Å². The second-order valence-electron chi connectivity index (χ2n) is 4.22. The predicted molar refractivity (Wildman–Crippen MR) is 60.7 cm³/mol. The number of methoxy groups -OCH3 is 1. The third kappa shape index (κ3) is 2.01. The van der Waals surface area contributed by atoms with Crippen LogP contribution in [0.4, 0.5) is 0 Å². The Labute approximate surface area is 90.2 Å². The number of hydrogen-bond acceptors (Lipinski definition) is 3. The molecular weight excluding hydrogens is 188 g/mol. The fourth-order valence-corrected chi connectivity index (χ4v) is 1.75. The number of nitrogens with zero attached hydrogens (tertiary/aromatic N) is 2. The highest BCUT2D eigenvalue weighted by atomic mass is 16.5. The highest BCUT2D eigenvalue weighted by Gasteiger charge is 2.18. The summed E-state index contributed by atoms with van der Waals surface area (Å²) in [6, 6.07) is 2.40. The van der Waals surface area contributed by atoms with E-state index in [2.05, 4.69) is 23.8 Å². The number of aromatic nitrogens is 1. The Hall–Kier alpha value is -1.38. The van der Waals surface area contributed by atoms with Gasteiger partial charge in [-0.15, -0.1) is 0 Å². The Balaban J connectivity index is 2.30. The highest BCUT2D eigenvalue weighted by molar-refractivity contribution is 5.82. The largest absolute Gasteiger partial charge is 0.481 e. The van der Waals surface area contributed by atoms with Crippen molar-refractivity contribution in [2.24, 2.45) is 10.9 Å². The molecule has 2 rings (SSSR count). The molecule has 0 radical (unpaired) electrons. The van der Waals surface area contributed by atoms with Gasteiger partial charge in [-0.05, 0) is 17.9 Å². The second kappa shape index (κ2) is 4.01. The van der Waals surface area contributed by atoms with E-state index >= 15 is 0 Å². The Morgan fingerprint density at radius 3 is 2.93 bits per heavy atom. The maximum Gasteiger partial charge on any atom is 0.213 e. The van der Waals surface area contributed by atoms with Gasteiger partial charge in [-0.3, -0.25) is 4.99 Å². The van der Waals surface area contributed by atoms with Crippen molar-refractivity contribution in [1.82, 2.24) is 4.98 Å². The van der Waals surface area contributed by atoms with Crippen LogP contribution in [-0.2, 0) is 6.42 Å². The van der Waals surface area contributed by atoms with E-state index < -0.39 is 0 Å². The molecule has 1 aromatic rings. The molecule has 0 saturated carbocycles. The number of hydrogen-bond donors (Lipinski definition) is 0. The highest BCUT2D eigenvalue weighted by Crippen LogP contribution is 2.22. The molecule has 1 atom stereocenters. The molecule has 1 unspecified atom stereocenters. The molecular formula is C12H16N2O. The van der Waals surface area contributed by atoms with E-state index in [1.807, 2.05) is 18.5 Å². The molecule has 0 aromatic carbocycles. The predicted octanol–water partition coefficient (Wildman–Crippen LogP) is 2.09. The van der Waals surface area contributed by atoms with E-state index in [0.717, 1.165) is 12.0 Å². The lowest BCUT2D eigenvalue weighted by molar-refractivity contribution is 0.396. The van der Waals surface area contributed by atoms with Crippen LogP contribution < -0.4 is 4.74 Å². The van der Waals surface area contributed by atoms with Crippen molar-refractivity contribution in [2.75, 3.05) is 7.11 Å². The van der Waals surface area contributed by atoms with E-state index in [0.29, 0.717) is 17.8 Å². The van der Waals surface area contributed by atoms with Crippen molar-refractivity contribution >= 4 is 6.21 Å². The first-order chi connectivity index (χ1) is 7.20. The SMILES string of the molecule is COc1cc2c(cn1)C=NC(C(C)C)C2. The summed E-state index contributed by atoms with van der Waals surface area (Å²) in [5.74, 6) is 1.26. The first-order valence-corrected chi connectivity index (χ1v) is 5.27. The number of pyridine rings is 1. The lowest BCUT2D eigenvalue weighted by Gasteiger charge is -2.21. The Morgan fingerprint density at radius 1 is 1.47 bits per heavy atom. The van der Waals surface area contributed by atoms with E-state index in [1.165, 1.54) is 5.56 Å². The van der Waals surface area contributed by atoms with Gasteiger partial charge in [0, 0.05) is 24.0 Å². The van der Waals surface area contributed by atoms with E-state index in [4.69, 9.17) is 4.74 Å². The average Bonchev–Trinajstić information content (AvgIpc) is 2.27. The molecule has 0 bridgehead atoms. The molecule has 0 N–H and O–H groups in total. The zero-order chi connectivity index (χ0) is 10.8. The molecule has 0 saturated heterocycles. The second-order valence-corrected chi connectivity index (χ2v) is 4.22. The molecule has 3 nitrogen and oxygen atoms in total. The number of aliphatic imine (C=N–C) groups is 1. The van der Waals surface area contributed by atoms with Crippen molar-refractivity contribution in [3.63, 3.8) is 0 Å². The molecule has 3 heteroatoms. The molecule has 15 heavy (non-hydrogen) atoms. The average molecular weight is 204 g/mol. The van der Waals surface area contributed by atoms with Gasteiger partial charge >= 0.3 is 0 Å². The van der Waals surface area contributed by atoms with Crippen LogP contribution in [-0.4, -0.2) is 24.4 Å². The van der Waals surface area contributed by atoms with Crippen LogP contribution in [0.15, 0.2) is 17.3 Å². The summed E-state index contributed by atoms with van der Waals surface area (Å²) in [6.45, 7) is 4.40. The van der Waals surface area contributed by atoms with Crippen LogP contribution in [0.25, 0.3) is 0 Å². The summed E-state index contributed by atoms with van der Waals surface area (Å²) in [6.07, 6.45) is 4.74. The lowest BCUT2D eigenvalue weighted by atomic mass is 9.93. The summed E-state index contributed by atoms with van der Waals surface area (Å²) >= 11 is 0. The van der Waals surface area contributed by atoms with Crippen LogP contribution >= 0.6 is 0 Å². The summed E-state index contributed by atoms with van der Waals surface area (Å²) in [4.78, 5) is 8.69. The summed E-state index contributed by atoms with van der Waals surface area (Å²) < 4.78 is 5.12. The van der Waals surface area contributed by atoms with E-state index in [9.17, 15) is 0 Å². The van der Waals surface area contributed by atoms with Gasteiger partial charge in [-0.1, -0.05) is 13.8 Å². The van der Waals surface area contributed by atoms with E-state index in [1.54, 1.807) is 7.11 Å². The van der Waals surface area contributed by atoms with Gasteiger partial charge in [-0.25, -0.2) is 4.98 Å². The van der Waals surface area contributed by atoms with Gasteiger partial charge in [0.25, 0.3) is 0 Å². The summed E-state index contributed by atoms with van der Waals surface area (Å²) in [5, 5.41) is 0. The zero-order valence-corrected chi connectivity index (χ0v) is 9.40. The van der Waals surface area contributed by atoms with Gasteiger partial charge < -0.3 is 4.74 Å². The van der Waals surface area contributed by atoms with Crippen LogP contribution in [0.5, 0.6) is 5.88 Å². The lowest BCUT2D eigenvalue weighted by Crippen LogP contribution is -2.21. The van der Waals surface area contributed by atoms with Gasteiger partial charge in [-0.2, -0.15) is 0 Å². The van der Waals surface area contributed by atoms with Gasteiger partial charge in [0.2, 0.25) is 5.88 Å². The zero-order valence-electron chi connectivity index (χ0n) is 9.40. The number of rotatable bonds is 2. The number of fused-ring (bicyclic) bond motifs is 1. The molecule has 0 amide bonds.